The highest BCUT2D eigenvalue weighted by Crippen LogP contribution is 2.39. The molecular formula is C15H16F3NO3. The van der Waals surface area contributed by atoms with E-state index in [9.17, 15) is 18.0 Å². The maximum absolute atomic E-state index is 12.9. The molecule has 1 atom stereocenters. The van der Waals surface area contributed by atoms with Crippen molar-refractivity contribution >= 4 is 6.09 Å². The maximum atomic E-state index is 12.9. The van der Waals surface area contributed by atoms with Crippen LogP contribution in [0.5, 0.6) is 0 Å². The summed E-state index contributed by atoms with van der Waals surface area (Å²) in [4.78, 5) is 12.9. The zero-order valence-electron chi connectivity index (χ0n) is 12.3. The van der Waals surface area contributed by atoms with E-state index in [1.165, 1.54) is 0 Å². The van der Waals surface area contributed by atoms with E-state index in [1.54, 1.807) is 51.1 Å². The molecule has 22 heavy (non-hydrogen) atoms. The van der Waals surface area contributed by atoms with Crippen molar-refractivity contribution in [3.05, 3.63) is 47.9 Å². The van der Waals surface area contributed by atoms with Crippen LogP contribution < -0.4 is 0 Å². The number of nitrogens with zero attached hydrogens (tertiary/aromatic N) is 1. The van der Waals surface area contributed by atoms with Gasteiger partial charge in [-0.1, -0.05) is 30.3 Å². The number of carbonyl (C=O) groups excluding carboxylic acids is 1. The minimum Gasteiger partial charge on any atom is -0.459 e. The predicted octanol–water partition coefficient (Wildman–Crippen LogP) is 4.36. The van der Waals surface area contributed by atoms with Gasteiger partial charge in [-0.3, -0.25) is 0 Å². The van der Waals surface area contributed by atoms with Crippen LogP contribution in [0.25, 0.3) is 0 Å². The summed E-state index contributed by atoms with van der Waals surface area (Å²) >= 11 is 0. The third kappa shape index (κ3) is 3.72. The number of ether oxygens (including phenoxy) is 2. The van der Waals surface area contributed by atoms with Gasteiger partial charge in [0.2, 0.25) is 12.0 Å². The molecule has 1 heterocycles. The van der Waals surface area contributed by atoms with Crippen molar-refractivity contribution in [3.8, 4) is 0 Å². The number of amides is 1. The van der Waals surface area contributed by atoms with Gasteiger partial charge < -0.3 is 9.47 Å². The van der Waals surface area contributed by atoms with Gasteiger partial charge in [-0.15, -0.1) is 0 Å². The molecule has 0 spiro atoms. The molecule has 0 saturated heterocycles. The minimum absolute atomic E-state index is 0.420. The zero-order chi connectivity index (χ0) is 16.5. The van der Waals surface area contributed by atoms with E-state index in [4.69, 9.17) is 9.47 Å². The maximum Gasteiger partial charge on any atom is 0.450 e. The molecule has 1 unspecified atom stereocenters. The van der Waals surface area contributed by atoms with Crippen molar-refractivity contribution < 1.29 is 27.4 Å². The lowest BCUT2D eigenvalue weighted by molar-refractivity contribution is -0.139. The number of allylic oxidation sites excluding steroid dienone is 1. The van der Waals surface area contributed by atoms with E-state index in [0.717, 1.165) is 4.90 Å². The molecule has 1 amide bonds. The molecule has 7 heteroatoms. The van der Waals surface area contributed by atoms with Crippen LogP contribution in [-0.2, 0) is 9.47 Å². The predicted molar refractivity (Wildman–Crippen MR) is 72.5 cm³/mol. The van der Waals surface area contributed by atoms with Crippen LogP contribution >= 0.6 is 0 Å². The van der Waals surface area contributed by atoms with Gasteiger partial charge in [-0.2, -0.15) is 13.2 Å². The first kappa shape index (κ1) is 16.2. The number of carbonyl (C=O) groups is 1. The molecule has 120 valence electrons. The molecule has 0 aliphatic carbocycles. The molecule has 1 aliphatic heterocycles. The highest BCUT2D eigenvalue weighted by molar-refractivity contribution is 5.70. The van der Waals surface area contributed by atoms with Crippen molar-refractivity contribution in [1.29, 1.82) is 0 Å². The summed E-state index contributed by atoms with van der Waals surface area (Å²) in [7, 11) is 0. The van der Waals surface area contributed by atoms with E-state index in [-0.39, 0.29) is 0 Å². The fraction of sp³-hybridized carbons (Fsp3) is 0.400. The highest BCUT2D eigenvalue weighted by Gasteiger charge is 2.45. The first-order valence-corrected chi connectivity index (χ1v) is 6.60. The minimum atomic E-state index is -4.68. The Hall–Kier alpha value is -2.18. The Morgan fingerprint density at radius 2 is 1.77 bits per heavy atom. The lowest BCUT2D eigenvalue weighted by atomic mass is 10.2. The monoisotopic (exact) mass is 315 g/mol. The quantitative estimate of drug-likeness (QED) is 0.773. The first-order chi connectivity index (χ1) is 10.1. The highest BCUT2D eigenvalue weighted by atomic mass is 19.4. The van der Waals surface area contributed by atoms with E-state index < -0.39 is 29.9 Å². The lowest BCUT2D eigenvalue weighted by Gasteiger charge is -2.27. The molecule has 1 aliphatic rings. The third-order valence-corrected chi connectivity index (χ3v) is 2.72. The third-order valence-electron chi connectivity index (χ3n) is 2.72. The molecule has 1 aromatic carbocycles. The summed E-state index contributed by atoms with van der Waals surface area (Å²) in [6, 6.07) is 8.17. The van der Waals surface area contributed by atoms with Crippen LogP contribution in [0.1, 0.15) is 32.6 Å². The van der Waals surface area contributed by atoms with E-state index in [0.29, 0.717) is 11.8 Å². The Bertz CT molecular complexity index is 576. The zero-order valence-corrected chi connectivity index (χ0v) is 12.3. The summed E-state index contributed by atoms with van der Waals surface area (Å²) in [6.45, 7) is 4.90. The van der Waals surface area contributed by atoms with Crippen LogP contribution in [0, 0.1) is 0 Å². The summed E-state index contributed by atoms with van der Waals surface area (Å²) in [5, 5.41) is 0. The molecule has 0 bridgehead atoms. The van der Waals surface area contributed by atoms with E-state index >= 15 is 0 Å². The standard InChI is InChI=1S/C15H16F3NO3/c1-14(2,3)22-13(20)19-9-11(15(16,17)18)21-12(19)10-7-5-4-6-8-10/h4-9,12H,1-3H3. The van der Waals surface area contributed by atoms with Crippen LogP contribution in [0.2, 0.25) is 0 Å². The van der Waals surface area contributed by atoms with Gasteiger partial charge in [0, 0.05) is 5.56 Å². The van der Waals surface area contributed by atoms with Gasteiger partial charge in [0.25, 0.3) is 0 Å². The average molecular weight is 315 g/mol. The van der Waals surface area contributed by atoms with Crippen molar-refractivity contribution in [1.82, 2.24) is 4.90 Å². The summed E-state index contributed by atoms with van der Waals surface area (Å²) in [5.41, 5.74) is -0.406. The first-order valence-electron chi connectivity index (χ1n) is 6.60. The van der Waals surface area contributed by atoms with Gasteiger partial charge in [-0.25, -0.2) is 9.69 Å². The number of hydrogen-bond acceptors (Lipinski definition) is 3. The Balaban J connectivity index is 2.31. The molecule has 0 fully saturated rings. The second kappa shape index (κ2) is 5.55. The number of hydrogen-bond donors (Lipinski definition) is 0. The Morgan fingerprint density at radius 1 is 1.18 bits per heavy atom. The van der Waals surface area contributed by atoms with Gasteiger partial charge >= 0.3 is 12.3 Å². The summed E-state index contributed by atoms with van der Waals surface area (Å²) in [5.74, 6) is -1.23. The number of benzene rings is 1. The largest absolute Gasteiger partial charge is 0.459 e. The Morgan fingerprint density at radius 3 is 2.27 bits per heavy atom. The fourth-order valence-corrected chi connectivity index (χ4v) is 1.85. The van der Waals surface area contributed by atoms with E-state index in [1.807, 2.05) is 0 Å². The summed E-state index contributed by atoms with van der Waals surface area (Å²) < 4.78 is 48.6. The molecule has 0 N–H and O–H groups in total. The number of rotatable bonds is 1. The van der Waals surface area contributed by atoms with Crippen LogP contribution in [0.3, 0.4) is 0 Å². The number of halogens is 3. The molecule has 4 nitrogen and oxygen atoms in total. The fourth-order valence-electron chi connectivity index (χ4n) is 1.85. The van der Waals surface area contributed by atoms with Crippen molar-refractivity contribution in [2.75, 3.05) is 0 Å². The second-order valence-corrected chi connectivity index (χ2v) is 5.76. The van der Waals surface area contributed by atoms with Gasteiger partial charge in [0.05, 0.1) is 6.20 Å². The summed E-state index contributed by atoms with van der Waals surface area (Å²) in [6.07, 6.45) is -6.15. The topological polar surface area (TPSA) is 38.8 Å². The Labute approximate surface area is 126 Å². The van der Waals surface area contributed by atoms with Crippen molar-refractivity contribution in [2.24, 2.45) is 0 Å². The molecule has 0 radical (unpaired) electrons. The van der Waals surface area contributed by atoms with Gasteiger partial charge in [-0.05, 0) is 20.8 Å². The SMILES string of the molecule is CC(C)(C)OC(=O)N1C=C(C(F)(F)F)OC1c1ccccc1. The molecular weight excluding hydrogens is 299 g/mol. The van der Waals surface area contributed by atoms with Gasteiger partial charge in [0.1, 0.15) is 5.60 Å². The second-order valence-electron chi connectivity index (χ2n) is 5.76. The van der Waals surface area contributed by atoms with Crippen LogP contribution in [0.4, 0.5) is 18.0 Å². The normalized spacial score (nSPS) is 18.7. The van der Waals surface area contributed by atoms with Crippen LogP contribution in [0.15, 0.2) is 42.3 Å². The van der Waals surface area contributed by atoms with Crippen molar-refractivity contribution in [3.63, 3.8) is 0 Å². The van der Waals surface area contributed by atoms with Gasteiger partial charge in [0.15, 0.2) is 0 Å². The average Bonchev–Trinajstić information content (AvgIpc) is 2.82. The Kier molecular flexibility index (Phi) is 4.08. The molecule has 0 aromatic heterocycles. The van der Waals surface area contributed by atoms with E-state index in [2.05, 4.69) is 0 Å². The molecule has 0 saturated carbocycles. The number of alkyl halides is 3. The smallest absolute Gasteiger partial charge is 0.450 e. The van der Waals surface area contributed by atoms with Crippen LogP contribution in [-0.4, -0.2) is 22.8 Å². The molecule has 2 rings (SSSR count). The van der Waals surface area contributed by atoms with Crippen molar-refractivity contribution in [2.45, 2.75) is 38.8 Å². The molecule has 1 aromatic rings. The lowest BCUT2D eigenvalue weighted by Crippen LogP contribution is -2.34.